The van der Waals surface area contributed by atoms with E-state index in [0.717, 1.165) is 16.0 Å². The molecule has 2 aromatic heterocycles. The summed E-state index contributed by atoms with van der Waals surface area (Å²) in [7, 11) is 1.34. The van der Waals surface area contributed by atoms with Gasteiger partial charge in [0.05, 0.1) is 18.4 Å². The molecule has 0 saturated carbocycles. The third-order valence-electron chi connectivity index (χ3n) is 2.15. The first-order valence-corrected chi connectivity index (χ1v) is 7.39. The molecule has 0 aliphatic heterocycles. The minimum absolute atomic E-state index is 0.398. The highest BCUT2D eigenvalue weighted by Crippen LogP contribution is 2.28. The van der Waals surface area contributed by atoms with E-state index in [1.807, 2.05) is 6.92 Å². The molecule has 0 fully saturated rings. The van der Waals surface area contributed by atoms with Gasteiger partial charge in [-0.3, -0.25) is 0 Å². The second-order valence-corrected chi connectivity index (χ2v) is 5.69. The van der Waals surface area contributed by atoms with Crippen molar-refractivity contribution in [2.24, 2.45) is 0 Å². The van der Waals surface area contributed by atoms with Gasteiger partial charge in [-0.2, -0.15) is 0 Å². The zero-order valence-electron chi connectivity index (χ0n) is 10.5. The molecule has 8 heteroatoms. The number of methoxy groups -OCH3 is 1. The molecule has 0 spiro atoms. The molecule has 6 nitrogen and oxygen atoms in total. The summed E-state index contributed by atoms with van der Waals surface area (Å²) in [5.41, 5.74) is 0.420. The summed E-state index contributed by atoms with van der Waals surface area (Å²) >= 11 is 3.00. The Morgan fingerprint density at radius 1 is 1.58 bits per heavy atom. The highest BCUT2D eigenvalue weighted by molar-refractivity contribution is 8.00. The van der Waals surface area contributed by atoms with Crippen molar-refractivity contribution in [1.29, 1.82) is 0 Å². The lowest BCUT2D eigenvalue weighted by atomic mass is 10.3. The normalized spacial score (nSPS) is 10.4. The number of rotatable bonds is 6. The Balaban J connectivity index is 1.90. The first-order valence-electron chi connectivity index (χ1n) is 5.58. The Bertz CT molecular complexity index is 553. The molecule has 2 heterocycles. The van der Waals surface area contributed by atoms with Crippen molar-refractivity contribution in [1.82, 2.24) is 10.2 Å². The van der Waals surface area contributed by atoms with Crippen LogP contribution in [0.5, 0.6) is 0 Å². The average molecular weight is 299 g/mol. The fourth-order valence-corrected chi connectivity index (χ4v) is 3.02. The maximum atomic E-state index is 11.3. The maximum Gasteiger partial charge on any atom is 0.341 e. The van der Waals surface area contributed by atoms with Crippen LogP contribution >= 0.6 is 23.1 Å². The predicted molar refractivity (Wildman–Crippen MR) is 73.7 cm³/mol. The van der Waals surface area contributed by atoms with Gasteiger partial charge >= 0.3 is 5.97 Å². The van der Waals surface area contributed by atoms with E-state index < -0.39 is 5.97 Å². The Kier molecular flexibility index (Phi) is 4.80. The third-order valence-corrected chi connectivity index (χ3v) is 4.18. The summed E-state index contributed by atoms with van der Waals surface area (Å²) in [5, 5.41) is 11.9. The number of thioether (sulfide) groups is 1. The Labute approximate surface area is 118 Å². The van der Waals surface area contributed by atoms with Crippen LogP contribution < -0.4 is 5.32 Å². The fourth-order valence-electron chi connectivity index (χ4n) is 1.30. The van der Waals surface area contributed by atoms with E-state index in [2.05, 4.69) is 20.3 Å². The van der Waals surface area contributed by atoms with Crippen molar-refractivity contribution in [2.45, 2.75) is 17.0 Å². The monoisotopic (exact) mass is 299 g/mol. The van der Waals surface area contributed by atoms with E-state index in [0.29, 0.717) is 17.1 Å². The summed E-state index contributed by atoms with van der Waals surface area (Å²) < 4.78 is 10.7. The number of anilines is 1. The summed E-state index contributed by atoms with van der Waals surface area (Å²) in [6.07, 6.45) is 1.39. The number of carbonyl (C=O) groups is 1. The molecule has 0 saturated heterocycles. The van der Waals surface area contributed by atoms with Gasteiger partial charge < -0.3 is 14.5 Å². The molecular weight excluding hydrogens is 286 g/mol. The van der Waals surface area contributed by atoms with Crippen molar-refractivity contribution in [3.05, 3.63) is 23.7 Å². The van der Waals surface area contributed by atoms with Gasteiger partial charge in [0.1, 0.15) is 12.0 Å². The van der Waals surface area contributed by atoms with Gasteiger partial charge in [0, 0.05) is 6.54 Å². The number of carbonyl (C=O) groups excluding carboxylic acids is 1. The molecule has 102 valence electrons. The maximum absolute atomic E-state index is 11.3. The van der Waals surface area contributed by atoms with Gasteiger partial charge in [-0.05, 0) is 13.0 Å². The van der Waals surface area contributed by atoms with Crippen LogP contribution in [0.1, 0.15) is 23.0 Å². The average Bonchev–Trinajstić information content (AvgIpc) is 3.05. The number of furan rings is 1. The molecule has 0 amide bonds. The van der Waals surface area contributed by atoms with Crippen molar-refractivity contribution in [2.75, 3.05) is 19.0 Å². The second-order valence-electron chi connectivity index (χ2n) is 3.49. The van der Waals surface area contributed by atoms with Gasteiger partial charge in [0.25, 0.3) is 0 Å². The smallest absolute Gasteiger partial charge is 0.341 e. The molecule has 2 aromatic rings. The molecule has 1 N–H and O–H groups in total. The Morgan fingerprint density at radius 3 is 3.16 bits per heavy atom. The molecule has 0 unspecified atom stereocenters. The molecule has 19 heavy (non-hydrogen) atoms. The lowest BCUT2D eigenvalue weighted by molar-refractivity contribution is 0.0600. The summed E-state index contributed by atoms with van der Waals surface area (Å²) in [6.45, 7) is 2.82. The van der Waals surface area contributed by atoms with Crippen LogP contribution in [0.25, 0.3) is 0 Å². The van der Waals surface area contributed by atoms with Gasteiger partial charge in [0.15, 0.2) is 4.34 Å². The highest BCUT2D eigenvalue weighted by Gasteiger charge is 2.11. The van der Waals surface area contributed by atoms with Crippen LogP contribution in [0, 0.1) is 0 Å². The van der Waals surface area contributed by atoms with Crippen molar-refractivity contribution in [3.63, 3.8) is 0 Å². The van der Waals surface area contributed by atoms with Gasteiger partial charge in [-0.15, -0.1) is 10.2 Å². The topological polar surface area (TPSA) is 77.2 Å². The van der Waals surface area contributed by atoms with Gasteiger partial charge in [-0.25, -0.2) is 4.79 Å². The van der Waals surface area contributed by atoms with Crippen molar-refractivity contribution < 1.29 is 13.9 Å². The minimum atomic E-state index is -0.398. The first-order chi connectivity index (χ1) is 9.22. The van der Waals surface area contributed by atoms with Crippen LogP contribution in [-0.4, -0.2) is 29.8 Å². The standard InChI is InChI=1S/C11H13N3O3S2/c1-3-12-10-13-14-11(19-10)18-6-8-4-7(5-17-8)9(15)16-2/h4-5H,3,6H2,1-2H3,(H,12,13). The zero-order chi connectivity index (χ0) is 13.7. The van der Waals surface area contributed by atoms with E-state index in [1.165, 1.54) is 36.5 Å². The summed E-state index contributed by atoms with van der Waals surface area (Å²) in [4.78, 5) is 11.3. The zero-order valence-corrected chi connectivity index (χ0v) is 12.1. The van der Waals surface area contributed by atoms with E-state index in [4.69, 9.17) is 4.42 Å². The number of hydrogen-bond acceptors (Lipinski definition) is 8. The lowest BCUT2D eigenvalue weighted by Gasteiger charge is -1.93. The fraction of sp³-hybridized carbons (Fsp3) is 0.364. The number of aromatic nitrogens is 2. The first kappa shape index (κ1) is 13.9. The van der Waals surface area contributed by atoms with Crippen LogP contribution in [0.3, 0.4) is 0 Å². The summed E-state index contributed by atoms with van der Waals surface area (Å²) in [6, 6.07) is 1.67. The van der Waals surface area contributed by atoms with Crippen LogP contribution in [0.15, 0.2) is 21.1 Å². The molecule has 0 aliphatic carbocycles. The van der Waals surface area contributed by atoms with Crippen LogP contribution in [0.2, 0.25) is 0 Å². The lowest BCUT2D eigenvalue weighted by Crippen LogP contribution is -1.98. The van der Waals surface area contributed by atoms with Crippen molar-refractivity contribution in [3.8, 4) is 0 Å². The molecule has 0 atom stereocenters. The van der Waals surface area contributed by atoms with E-state index in [1.54, 1.807) is 6.07 Å². The second kappa shape index (κ2) is 6.58. The molecular formula is C11H13N3O3S2. The van der Waals surface area contributed by atoms with Crippen LogP contribution in [-0.2, 0) is 10.5 Å². The van der Waals surface area contributed by atoms with Gasteiger partial charge in [-0.1, -0.05) is 23.1 Å². The van der Waals surface area contributed by atoms with E-state index >= 15 is 0 Å². The quantitative estimate of drug-likeness (QED) is 0.649. The number of nitrogens with zero attached hydrogens (tertiary/aromatic N) is 2. The van der Waals surface area contributed by atoms with E-state index in [9.17, 15) is 4.79 Å². The van der Waals surface area contributed by atoms with Crippen LogP contribution in [0.4, 0.5) is 5.13 Å². The molecule has 0 aliphatic rings. The third kappa shape index (κ3) is 3.71. The number of esters is 1. The largest absolute Gasteiger partial charge is 0.468 e. The molecule has 0 bridgehead atoms. The molecule has 0 radical (unpaired) electrons. The summed E-state index contributed by atoms with van der Waals surface area (Å²) in [5.74, 6) is 0.897. The highest BCUT2D eigenvalue weighted by atomic mass is 32.2. The molecule has 2 rings (SSSR count). The minimum Gasteiger partial charge on any atom is -0.468 e. The Morgan fingerprint density at radius 2 is 2.42 bits per heavy atom. The Hall–Kier alpha value is -1.54. The predicted octanol–water partition coefficient (Wildman–Crippen LogP) is 2.64. The number of hydrogen-bond donors (Lipinski definition) is 1. The number of ether oxygens (including phenoxy) is 1. The van der Waals surface area contributed by atoms with Crippen molar-refractivity contribution >= 4 is 34.2 Å². The number of nitrogens with one attached hydrogen (secondary N) is 1. The molecule has 0 aromatic carbocycles. The van der Waals surface area contributed by atoms with E-state index in [-0.39, 0.29) is 0 Å². The van der Waals surface area contributed by atoms with Gasteiger partial charge in [0.2, 0.25) is 5.13 Å². The SMILES string of the molecule is CCNc1nnc(SCc2cc(C(=O)OC)co2)s1.